The minimum absolute atomic E-state index is 0.00980. The van der Waals surface area contributed by atoms with E-state index in [1.807, 2.05) is 0 Å². The van der Waals surface area contributed by atoms with Gasteiger partial charge in [0.05, 0.1) is 17.2 Å². The first-order chi connectivity index (χ1) is 9.06. The monoisotopic (exact) mass is 327 g/mol. The molecule has 0 atom stereocenters. The largest absolute Gasteiger partial charge is 0.324 e. The maximum absolute atomic E-state index is 11.8. The Morgan fingerprint density at radius 1 is 1.42 bits per heavy atom. The summed E-state index contributed by atoms with van der Waals surface area (Å²) in [6.45, 7) is 2.27. The Morgan fingerprint density at radius 3 is 2.68 bits per heavy atom. The average molecular weight is 328 g/mol. The molecule has 1 aliphatic heterocycles. The number of hydrogen-bond donors (Lipinski definition) is 1. The number of nitro groups is 1. The molecular weight excluding hydrogens is 314 g/mol. The minimum Gasteiger partial charge on any atom is -0.324 e. The van der Waals surface area contributed by atoms with Crippen LogP contribution in [-0.4, -0.2) is 35.4 Å². The molecule has 1 heterocycles. The van der Waals surface area contributed by atoms with Gasteiger partial charge in [-0.1, -0.05) is 0 Å². The molecule has 6 nitrogen and oxygen atoms in total. The highest BCUT2D eigenvalue weighted by Gasteiger charge is 2.16. The van der Waals surface area contributed by atoms with E-state index in [0.717, 1.165) is 25.9 Å². The van der Waals surface area contributed by atoms with Gasteiger partial charge in [-0.15, -0.1) is 0 Å². The quantitative estimate of drug-likeness (QED) is 0.680. The van der Waals surface area contributed by atoms with Crippen LogP contribution < -0.4 is 5.32 Å². The summed E-state index contributed by atoms with van der Waals surface area (Å²) in [4.78, 5) is 24.1. The van der Waals surface area contributed by atoms with Crippen molar-refractivity contribution >= 4 is 33.2 Å². The lowest BCUT2D eigenvalue weighted by molar-refractivity contribution is -0.384. The van der Waals surface area contributed by atoms with Gasteiger partial charge in [0, 0.05) is 16.6 Å². The molecule has 0 aliphatic carbocycles. The van der Waals surface area contributed by atoms with Crippen LogP contribution in [0.2, 0.25) is 0 Å². The number of benzene rings is 1. The molecule has 0 aromatic heterocycles. The van der Waals surface area contributed by atoms with Crippen LogP contribution in [0.3, 0.4) is 0 Å². The third kappa shape index (κ3) is 3.74. The number of anilines is 1. The Balaban J connectivity index is 1.98. The third-order valence-corrected chi connectivity index (χ3v) is 3.66. The molecule has 1 saturated heterocycles. The second-order valence-electron chi connectivity index (χ2n) is 4.45. The zero-order valence-electron chi connectivity index (χ0n) is 10.3. The summed E-state index contributed by atoms with van der Waals surface area (Å²) in [7, 11) is 0. The van der Waals surface area contributed by atoms with Gasteiger partial charge in [0.25, 0.3) is 5.69 Å². The number of likely N-dealkylation sites (tertiary alicyclic amines) is 1. The summed E-state index contributed by atoms with van der Waals surface area (Å²) in [5, 5.41) is 13.4. The number of carbonyl (C=O) groups is 1. The first-order valence-electron chi connectivity index (χ1n) is 6.02. The Labute approximate surface area is 119 Å². The van der Waals surface area contributed by atoms with Crippen LogP contribution in [0.1, 0.15) is 12.8 Å². The summed E-state index contributed by atoms with van der Waals surface area (Å²) < 4.78 is 0.511. The molecule has 0 saturated carbocycles. The lowest BCUT2D eigenvalue weighted by atomic mass is 10.3. The fourth-order valence-electron chi connectivity index (χ4n) is 2.05. The van der Waals surface area contributed by atoms with Gasteiger partial charge in [0.1, 0.15) is 0 Å². The first kappa shape index (κ1) is 14.0. The fourth-order valence-corrected chi connectivity index (χ4v) is 2.52. The number of hydrogen-bond acceptors (Lipinski definition) is 4. The van der Waals surface area contributed by atoms with Gasteiger partial charge < -0.3 is 5.32 Å². The second-order valence-corrected chi connectivity index (χ2v) is 5.31. The maximum Gasteiger partial charge on any atom is 0.270 e. The molecule has 2 rings (SSSR count). The fraction of sp³-hybridized carbons (Fsp3) is 0.417. The van der Waals surface area contributed by atoms with Crippen molar-refractivity contribution in [3.8, 4) is 0 Å². The van der Waals surface area contributed by atoms with E-state index in [9.17, 15) is 14.9 Å². The van der Waals surface area contributed by atoms with Gasteiger partial charge in [0.2, 0.25) is 5.91 Å². The summed E-state index contributed by atoms with van der Waals surface area (Å²) >= 11 is 3.22. The predicted molar refractivity (Wildman–Crippen MR) is 75.1 cm³/mol. The number of carbonyl (C=O) groups excluding carboxylic acids is 1. The number of nitrogens with zero attached hydrogens (tertiary/aromatic N) is 2. The van der Waals surface area contributed by atoms with E-state index in [4.69, 9.17) is 0 Å². The highest BCUT2D eigenvalue weighted by atomic mass is 79.9. The molecule has 1 fully saturated rings. The molecule has 102 valence electrons. The lowest BCUT2D eigenvalue weighted by Gasteiger charge is -2.14. The highest BCUT2D eigenvalue weighted by molar-refractivity contribution is 9.10. The number of non-ortho nitro benzene ring substituents is 1. The molecule has 1 N–H and O–H groups in total. The number of halogens is 1. The van der Waals surface area contributed by atoms with Crippen LogP contribution in [0.4, 0.5) is 11.4 Å². The van der Waals surface area contributed by atoms with Gasteiger partial charge in [0.15, 0.2) is 0 Å². The van der Waals surface area contributed by atoms with Crippen LogP contribution in [0.5, 0.6) is 0 Å². The standard InChI is InChI=1S/C12H14BrN3O3/c13-10-7-9(16(18)19)3-4-11(10)14-12(17)8-15-5-1-2-6-15/h3-4,7H,1-2,5-6,8H2,(H,14,17). The molecule has 1 aliphatic rings. The van der Waals surface area contributed by atoms with E-state index in [-0.39, 0.29) is 11.6 Å². The number of nitro benzene ring substituents is 1. The first-order valence-corrected chi connectivity index (χ1v) is 6.82. The molecule has 1 aromatic carbocycles. The van der Waals surface area contributed by atoms with Crippen molar-refractivity contribution in [1.82, 2.24) is 4.90 Å². The van der Waals surface area contributed by atoms with Gasteiger partial charge in [-0.2, -0.15) is 0 Å². The molecule has 0 unspecified atom stereocenters. The third-order valence-electron chi connectivity index (χ3n) is 3.00. The Kier molecular flexibility index (Phi) is 4.49. The van der Waals surface area contributed by atoms with Crippen molar-refractivity contribution in [3.05, 3.63) is 32.8 Å². The Hall–Kier alpha value is -1.47. The number of rotatable bonds is 4. The zero-order chi connectivity index (χ0) is 13.8. The topological polar surface area (TPSA) is 75.5 Å². The Bertz CT molecular complexity index is 501. The van der Waals surface area contributed by atoms with Crippen molar-refractivity contribution in [2.75, 3.05) is 25.0 Å². The van der Waals surface area contributed by atoms with Gasteiger partial charge in [-0.05, 0) is 47.9 Å². The van der Waals surface area contributed by atoms with Crippen molar-refractivity contribution < 1.29 is 9.72 Å². The summed E-state index contributed by atoms with van der Waals surface area (Å²) in [5.41, 5.74) is 0.541. The smallest absolute Gasteiger partial charge is 0.270 e. The van der Waals surface area contributed by atoms with Crippen LogP contribution >= 0.6 is 15.9 Å². The molecule has 0 bridgehead atoms. The van der Waals surface area contributed by atoms with Crippen LogP contribution in [0.15, 0.2) is 22.7 Å². The summed E-state index contributed by atoms with van der Waals surface area (Å²) in [6.07, 6.45) is 2.27. The van der Waals surface area contributed by atoms with Crippen molar-refractivity contribution in [3.63, 3.8) is 0 Å². The van der Waals surface area contributed by atoms with E-state index < -0.39 is 4.92 Å². The van der Waals surface area contributed by atoms with E-state index in [0.29, 0.717) is 16.7 Å². The van der Waals surface area contributed by atoms with E-state index in [1.54, 1.807) is 0 Å². The van der Waals surface area contributed by atoms with Gasteiger partial charge in [-0.25, -0.2) is 0 Å². The molecule has 1 aromatic rings. The molecule has 0 radical (unpaired) electrons. The SMILES string of the molecule is O=C(CN1CCCC1)Nc1ccc([N+](=O)[O-])cc1Br. The summed E-state index contributed by atoms with van der Waals surface area (Å²) in [6, 6.07) is 4.28. The van der Waals surface area contributed by atoms with Gasteiger partial charge >= 0.3 is 0 Å². The molecule has 1 amide bonds. The highest BCUT2D eigenvalue weighted by Crippen LogP contribution is 2.27. The maximum atomic E-state index is 11.8. The molecule has 0 spiro atoms. The van der Waals surface area contributed by atoms with E-state index in [2.05, 4.69) is 26.1 Å². The summed E-state index contributed by atoms with van der Waals surface area (Å²) in [5.74, 6) is -0.101. The lowest BCUT2D eigenvalue weighted by Crippen LogP contribution is -2.30. The van der Waals surface area contributed by atoms with Crippen LogP contribution in [-0.2, 0) is 4.79 Å². The molecule has 7 heteroatoms. The second kappa shape index (κ2) is 6.12. The number of amides is 1. The predicted octanol–water partition coefficient (Wildman–Crippen LogP) is 2.39. The normalized spacial score (nSPS) is 15.4. The van der Waals surface area contributed by atoms with Crippen LogP contribution in [0.25, 0.3) is 0 Å². The van der Waals surface area contributed by atoms with Crippen LogP contribution in [0, 0.1) is 10.1 Å². The molecular formula is C12H14BrN3O3. The van der Waals surface area contributed by atoms with Crippen molar-refractivity contribution in [1.29, 1.82) is 0 Å². The average Bonchev–Trinajstić information content (AvgIpc) is 2.84. The van der Waals surface area contributed by atoms with Gasteiger partial charge in [-0.3, -0.25) is 19.8 Å². The van der Waals surface area contributed by atoms with E-state index in [1.165, 1.54) is 18.2 Å². The number of nitrogens with one attached hydrogen (secondary N) is 1. The minimum atomic E-state index is -0.472. The Morgan fingerprint density at radius 2 is 2.11 bits per heavy atom. The molecule has 19 heavy (non-hydrogen) atoms. The zero-order valence-corrected chi connectivity index (χ0v) is 11.9. The van der Waals surface area contributed by atoms with Crippen molar-refractivity contribution in [2.45, 2.75) is 12.8 Å². The van der Waals surface area contributed by atoms with E-state index >= 15 is 0 Å². The van der Waals surface area contributed by atoms with Crippen molar-refractivity contribution in [2.24, 2.45) is 0 Å².